The van der Waals surface area contributed by atoms with Crippen LogP contribution in [0.4, 0.5) is 5.82 Å². The summed E-state index contributed by atoms with van der Waals surface area (Å²) in [6, 6.07) is 3.30. The van der Waals surface area contributed by atoms with Crippen molar-refractivity contribution in [3.05, 3.63) is 12.1 Å². The van der Waals surface area contributed by atoms with Gasteiger partial charge in [-0.2, -0.15) is 0 Å². The zero-order chi connectivity index (χ0) is 12.6. The number of hydrogen-bond acceptors (Lipinski definition) is 5. The molecule has 0 unspecified atom stereocenters. The van der Waals surface area contributed by atoms with E-state index in [2.05, 4.69) is 4.98 Å². The van der Waals surface area contributed by atoms with Crippen molar-refractivity contribution in [1.82, 2.24) is 4.98 Å². The lowest BCUT2D eigenvalue weighted by molar-refractivity contribution is 0.292. The summed E-state index contributed by atoms with van der Waals surface area (Å²) >= 11 is 0. The lowest BCUT2D eigenvalue weighted by Crippen LogP contribution is -2.19. The van der Waals surface area contributed by atoms with Crippen molar-refractivity contribution in [3.63, 3.8) is 0 Å². The minimum absolute atomic E-state index is 0.0995. The Balaban J connectivity index is 2.43. The molecular formula is C10H15N3O3S. The van der Waals surface area contributed by atoms with Crippen molar-refractivity contribution in [3.8, 4) is 5.75 Å². The number of anilines is 1. The van der Waals surface area contributed by atoms with Crippen LogP contribution < -0.4 is 14.8 Å². The zero-order valence-electron chi connectivity index (χ0n) is 9.75. The number of pyridine rings is 1. The summed E-state index contributed by atoms with van der Waals surface area (Å²) in [6.45, 7) is 0. The fraction of sp³-hybridized carbons (Fsp3) is 0.500. The van der Waals surface area contributed by atoms with Crippen LogP contribution in [0.3, 0.4) is 0 Å². The number of nitrogens with two attached hydrogens (primary N) is 1. The number of hydrogen-bond donors (Lipinski definition) is 1. The standard InChI is InChI=1S/C10H15N3O3S/c1-13(2)9-6-5-8(16-7-3-4-7)10(12-9)17(11,14)15/h5-7H,3-4H2,1-2H3,(H2,11,14,15). The first-order valence-corrected chi connectivity index (χ1v) is 6.80. The predicted octanol–water partition coefficient (Wildman–Crippen LogP) is 0.336. The Morgan fingerprint density at radius 3 is 2.53 bits per heavy atom. The second-order valence-corrected chi connectivity index (χ2v) is 5.71. The van der Waals surface area contributed by atoms with E-state index in [9.17, 15) is 8.42 Å². The quantitative estimate of drug-likeness (QED) is 0.840. The lowest BCUT2D eigenvalue weighted by Gasteiger charge is -2.14. The largest absolute Gasteiger partial charge is 0.487 e. The molecule has 0 radical (unpaired) electrons. The van der Waals surface area contributed by atoms with Crippen molar-refractivity contribution < 1.29 is 13.2 Å². The average molecular weight is 257 g/mol. The van der Waals surface area contributed by atoms with Crippen LogP contribution in [0.5, 0.6) is 5.75 Å². The maximum Gasteiger partial charge on any atom is 0.259 e. The van der Waals surface area contributed by atoms with E-state index < -0.39 is 10.0 Å². The Morgan fingerprint density at radius 2 is 2.06 bits per heavy atom. The Bertz CT molecular complexity index is 524. The van der Waals surface area contributed by atoms with Crippen LogP contribution in [0, 0.1) is 0 Å². The van der Waals surface area contributed by atoms with E-state index in [1.54, 1.807) is 31.1 Å². The summed E-state index contributed by atoms with van der Waals surface area (Å²) in [5.74, 6) is 0.762. The molecule has 0 amide bonds. The van der Waals surface area contributed by atoms with E-state index in [1.165, 1.54) is 0 Å². The monoisotopic (exact) mass is 257 g/mol. The van der Waals surface area contributed by atoms with E-state index in [1.807, 2.05) is 0 Å². The molecule has 1 saturated carbocycles. The molecule has 1 heterocycles. The highest BCUT2D eigenvalue weighted by atomic mass is 32.2. The van der Waals surface area contributed by atoms with Gasteiger partial charge in [0, 0.05) is 14.1 Å². The molecule has 6 nitrogen and oxygen atoms in total. The molecule has 0 atom stereocenters. The van der Waals surface area contributed by atoms with Gasteiger partial charge >= 0.3 is 0 Å². The number of ether oxygens (including phenoxy) is 1. The third kappa shape index (κ3) is 2.86. The van der Waals surface area contributed by atoms with Gasteiger partial charge in [0.15, 0.2) is 5.75 Å². The number of nitrogens with zero attached hydrogens (tertiary/aromatic N) is 2. The number of primary sulfonamides is 1. The minimum Gasteiger partial charge on any atom is -0.487 e. The van der Waals surface area contributed by atoms with Gasteiger partial charge in [-0.05, 0) is 25.0 Å². The van der Waals surface area contributed by atoms with Gasteiger partial charge in [0.2, 0.25) is 5.03 Å². The molecule has 94 valence electrons. The molecule has 7 heteroatoms. The summed E-state index contributed by atoms with van der Waals surface area (Å²) < 4.78 is 28.4. The summed E-state index contributed by atoms with van der Waals surface area (Å²) in [5, 5.41) is 4.94. The molecule has 0 aliphatic heterocycles. The van der Waals surface area contributed by atoms with Crippen LogP contribution >= 0.6 is 0 Å². The first-order valence-electron chi connectivity index (χ1n) is 5.26. The fourth-order valence-corrected chi connectivity index (χ4v) is 1.94. The summed E-state index contributed by atoms with van der Waals surface area (Å²) in [4.78, 5) is 5.72. The Morgan fingerprint density at radius 1 is 1.41 bits per heavy atom. The van der Waals surface area contributed by atoms with Crippen molar-refractivity contribution >= 4 is 15.8 Å². The van der Waals surface area contributed by atoms with Crippen LogP contribution in [0.1, 0.15) is 12.8 Å². The third-order valence-electron chi connectivity index (χ3n) is 2.36. The van der Waals surface area contributed by atoms with Crippen molar-refractivity contribution in [2.75, 3.05) is 19.0 Å². The second kappa shape index (κ2) is 4.15. The van der Waals surface area contributed by atoms with Crippen molar-refractivity contribution in [2.45, 2.75) is 24.0 Å². The van der Waals surface area contributed by atoms with E-state index in [-0.39, 0.29) is 16.9 Å². The topological polar surface area (TPSA) is 85.5 Å². The summed E-state index contributed by atoms with van der Waals surface area (Å²) in [6.07, 6.45) is 1.99. The van der Waals surface area contributed by atoms with E-state index in [0.717, 1.165) is 12.8 Å². The molecule has 0 aromatic carbocycles. The highest BCUT2D eigenvalue weighted by molar-refractivity contribution is 7.89. The summed E-state index contributed by atoms with van der Waals surface area (Å²) in [7, 11) is -0.321. The normalized spacial score (nSPS) is 15.7. The van der Waals surface area contributed by atoms with Crippen molar-refractivity contribution in [1.29, 1.82) is 0 Å². The molecule has 0 saturated heterocycles. The molecule has 1 aliphatic rings. The van der Waals surface area contributed by atoms with Crippen LogP contribution in [-0.2, 0) is 10.0 Å². The predicted molar refractivity (Wildman–Crippen MR) is 63.6 cm³/mol. The fourth-order valence-electron chi connectivity index (χ4n) is 1.33. The Labute approximate surface area is 100 Å². The molecule has 2 rings (SSSR count). The minimum atomic E-state index is -3.87. The highest BCUT2D eigenvalue weighted by Gasteiger charge is 2.27. The van der Waals surface area contributed by atoms with Gasteiger partial charge in [-0.3, -0.25) is 0 Å². The van der Waals surface area contributed by atoms with Gasteiger partial charge in [0.1, 0.15) is 5.82 Å². The second-order valence-electron chi connectivity index (χ2n) is 4.23. The molecule has 0 bridgehead atoms. The van der Waals surface area contributed by atoms with E-state index in [4.69, 9.17) is 9.88 Å². The molecule has 0 spiro atoms. The molecule has 1 aromatic rings. The number of sulfonamides is 1. The smallest absolute Gasteiger partial charge is 0.259 e. The maximum absolute atomic E-state index is 11.4. The first kappa shape index (κ1) is 12.1. The first-order chi connectivity index (χ1) is 7.88. The number of rotatable bonds is 4. The van der Waals surface area contributed by atoms with Gasteiger partial charge in [0.05, 0.1) is 6.10 Å². The maximum atomic E-state index is 11.4. The van der Waals surface area contributed by atoms with E-state index in [0.29, 0.717) is 5.82 Å². The molecule has 1 aromatic heterocycles. The van der Waals surface area contributed by atoms with Gasteiger partial charge < -0.3 is 9.64 Å². The van der Waals surface area contributed by atoms with Gasteiger partial charge in [-0.1, -0.05) is 0 Å². The van der Waals surface area contributed by atoms with Crippen LogP contribution in [0.15, 0.2) is 17.2 Å². The molecule has 17 heavy (non-hydrogen) atoms. The Hall–Kier alpha value is -1.34. The van der Waals surface area contributed by atoms with Crippen LogP contribution in [0.25, 0.3) is 0 Å². The highest BCUT2D eigenvalue weighted by Crippen LogP contribution is 2.31. The van der Waals surface area contributed by atoms with Crippen LogP contribution in [-0.4, -0.2) is 33.6 Å². The SMILES string of the molecule is CN(C)c1ccc(OC2CC2)c(S(N)(=O)=O)n1. The number of aromatic nitrogens is 1. The molecular weight excluding hydrogens is 242 g/mol. The molecule has 1 fully saturated rings. The molecule has 2 N–H and O–H groups in total. The van der Waals surface area contributed by atoms with Gasteiger partial charge in [-0.25, -0.2) is 18.5 Å². The summed E-state index contributed by atoms with van der Waals surface area (Å²) in [5.41, 5.74) is 0. The lowest BCUT2D eigenvalue weighted by atomic mass is 10.4. The molecule has 1 aliphatic carbocycles. The average Bonchev–Trinajstić information content (AvgIpc) is 3.00. The van der Waals surface area contributed by atoms with Gasteiger partial charge in [-0.15, -0.1) is 0 Å². The zero-order valence-corrected chi connectivity index (χ0v) is 10.6. The Kier molecular flexibility index (Phi) is 2.96. The third-order valence-corrected chi connectivity index (χ3v) is 3.19. The van der Waals surface area contributed by atoms with Gasteiger partial charge in [0.25, 0.3) is 10.0 Å². The van der Waals surface area contributed by atoms with Crippen LogP contribution in [0.2, 0.25) is 0 Å². The van der Waals surface area contributed by atoms with E-state index >= 15 is 0 Å². The van der Waals surface area contributed by atoms with Crippen molar-refractivity contribution in [2.24, 2.45) is 5.14 Å².